The first kappa shape index (κ1) is 13.1. The van der Waals surface area contributed by atoms with Crippen molar-refractivity contribution in [3.8, 4) is 11.5 Å². The van der Waals surface area contributed by atoms with Crippen LogP contribution in [0.5, 0.6) is 11.5 Å². The molecule has 0 atom stereocenters. The van der Waals surface area contributed by atoms with E-state index >= 15 is 0 Å². The minimum atomic E-state index is -0.0577. The summed E-state index contributed by atoms with van der Waals surface area (Å²) < 4.78 is 8.48. The summed E-state index contributed by atoms with van der Waals surface area (Å²) in [6.07, 6.45) is 4.56. The Balaban J connectivity index is 2.17. The van der Waals surface area contributed by atoms with E-state index in [4.69, 9.17) is 4.74 Å². The molecule has 1 aromatic carbocycles. The molecule has 2 rings (SSSR count). The van der Waals surface area contributed by atoms with Crippen LogP contribution in [0.15, 0.2) is 35.1 Å². The minimum Gasteiger partial charge on any atom is -0.454 e. The molecule has 1 heterocycles. The van der Waals surface area contributed by atoms with Crippen LogP contribution < -0.4 is 4.74 Å². The van der Waals surface area contributed by atoms with Crippen molar-refractivity contribution in [1.82, 2.24) is 9.78 Å². The van der Waals surface area contributed by atoms with Gasteiger partial charge in [0.15, 0.2) is 5.75 Å². The molecule has 1 N–H and O–H groups in total. The number of aliphatic hydroxyl groups excluding tert-OH is 1. The number of aryl methyl sites for hydroxylation is 1. The second-order valence-corrected chi connectivity index (χ2v) is 4.87. The van der Waals surface area contributed by atoms with Crippen molar-refractivity contribution >= 4 is 15.9 Å². The molecule has 2 aromatic rings. The summed E-state index contributed by atoms with van der Waals surface area (Å²) in [6.45, 7) is 2.91. The largest absolute Gasteiger partial charge is 0.454 e. The van der Waals surface area contributed by atoms with E-state index < -0.39 is 0 Å². The Bertz CT molecular complexity index is 525. The summed E-state index contributed by atoms with van der Waals surface area (Å²) >= 11 is 3.36. The van der Waals surface area contributed by atoms with Gasteiger partial charge < -0.3 is 9.84 Å². The van der Waals surface area contributed by atoms with Crippen LogP contribution in [0, 0.1) is 0 Å². The highest BCUT2D eigenvalue weighted by atomic mass is 79.9. The molecule has 0 aliphatic carbocycles. The van der Waals surface area contributed by atoms with Crippen molar-refractivity contribution in [2.45, 2.75) is 26.5 Å². The lowest BCUT2D eigenvalue weighted by Crippen LogP contribution is -1.95. The predicted molar refractivity (Wildman–Crippen MR) is 72.7 cm³/mol. The Hall–Kier alpha value is -1.33. The molecule has 0 saturated carbocycles. The van der Waals surface area contributed by atoms with Crippen molar-refractivity contribution in [3.05, 3.63) is 40.6 Å². The molecule has 0 spiro atoms. The molecule has 18 heavy (non-hydrogen) atoms. The molecule has 5 heteroatoms. The van der Waals surface area contributed by atoms with Crippen LogP contribution in [0.25, 0.3) is 0 Å². The summed E-state index contributed by atoms with van der Waals surface area (Å²) in [5, 5.41) is 13.5. The second kappa shape index (κ2) is 6.02. The van der Waals surface area contributed by atoms with Gasteiger partial charge in [0.1, 0.15) is 5.75 Å². The zero-order chi connectivity index (χ0) is 13.0. The lowest BCUT2D eigenvalue weighted by Gasteiger charge is -2.08. The fourth-order valence-corrected chi connectivity index (χ4v) is 2.06. The summed E-state index contributed by atoms with van der Waals surface area (Å²) in [5.41, 5.74) is 0.743. The lowest BCUT2D eigenvalue weighted by atomic mass is 10.2. The number of hydrogen-bond donors (Lipinski definition) is 1. The number of rotatable bonds is 5. The first-order chi connectivity index (χ1) is 8.72. The second-order valence-electron chi connectivity index (χ2n) is 3.95. The number of aromatic nitrogens is 2. The molecular weight excluding hydrogens is 296 g/mol. The van der Waals surface area contributed by atoms with Crippen molar-refractivity contribution in [1.29, 1.82) is 0 Å². The van der Waals surface area contributed by atoms with Gasteiger partial charge in [0.2, 0.25) is 0 Å². The van der Waals surface area contributed by atoms with Crippen LogP contribution >= 0.6 is 15.9 Å². The third kappa shape index (κ3) is 3.11. The quantitative estimate of drug-likeness (QED) is 0.921. The Morgan fingerprint density at radius 3 is 3.00 bits per heavy atom. The van der Waals surface area contributed by atoms with Gasteiger partial charge >= 0.3 is 0 Å². The molecule has 0 radical (unpaired) electrons. The van der Waals surface area contributed by atoms with Crippen LogP contribution in [-0.4, -0.2) is 14.9 Å². The van der Waals surface area contributed by atoms with E-state index in [9.17, 15) is 5.11 Å². The molecular formula is C13H15BrN2O2. The fraction of sp³-hybridized carbons (Fsp3) is 0.308. The van der Waals surface area contributed by atoms with E-state index in [2.05, 4.69) is 28.0 Å². The highest BCUT2D eigenvalue weighted by Gasteiger charge is 2.06. The predicted octanol–water partition coefficient (Wildman–Crippen LogP) is 3.34. The lowest BCUT2D eigenvalue weighted by molar-refractivity contribution is 0.276. The molecule has 0 aliphatic rings. The first-order valence-corrected chi connectivity index (χ1v) is 6.62. The number of aliphatic hydroxyl groups is 1. The van der Waals surface area contributed by atoms with Crippen molar-refractivity contribution in [2.24, 2.45) is 0 Å². The summed E-state index contributed by atoms with van der Waals surface area (Å²) in [7, 11) is 0. The Morgan fingerprint density at radius 2 is 2.28 bits per heavy atom. The maximum Gasteiger partial charge on any atom is 0.165 e. The van der Waals surface area contributed by atoms with Gasteiger partial charge in [-0.15, -0.1) is 0 Å². The minimum absolute atomic E-state index is 0.0577. The molecule has 0 bridgehead atoms. The molecule has 1 aromatic heterocycles. The van der Waals surface area contributed by atoms with E-state index in [1.165, 1.54) is 0 Å². The third-order valence-electron chi connectivity index (χ3n) is 2.48. The summed E-state index contributed by atoms with van der Waals surface area (Å²) in [6, 6.07) is 5.55. The third-order valence-corrected chi connectivity index (χ3v) is 2.98. The van der Waals surface area contributed by atoms with Crippen LogP contribution in [0.3, 0.4) is 0 Å². The van der Waals surface area contributed by atoms with E-state index in [1.54, 1.807) is 6.20 Å². The van der Waals surface area contributed by atoms with E-state index in [0.29, 0.717) is 11.5 Å². The molecule has 0 aliphatic heterocycles. The molecule has 0 unspecified atom stereocenters. The maximum absolute atomic E-state index is 9.29. The number of ether oxygens (including phenoxy) is 1. The van der Waals surface area contributed by atoms with Gasteiger partial charge in [0, 0.05) is 16.6 Å². The molecule has 96 valence electrons. The standard InChI is InChI=1S/C13H15BrN2O2/c1-2-5-16-8-12(7-15-16)18-13-4-3-11(14)6-10(13)9-17/h3-4,6-8,17H,2,5,9H2,1H3. The molecule has 0 amide bonds. The van der Waals surface area contributed by atoms with E-state index in [-0.39, 0.29) is 6.61 Å². The summed E-state index contributed by atoms with van der Waals surface area (Å²) in [5.74, 6) is 1.33. The normalized spacial score (nSPS) is 10.6. The van der Waals surface area contributed by atoms with Gasteiger partial charge in [-0.3, -0.25) is 4.68 Å². The zero-order valence-electron chi connectivity index (χ0n) is 10.1. The van der Waals surface area contributed by atoms with E-state index in [1.807, 2.05) is 29.1 Å². The number of nitrogens with zero attached hydrogens (tertiary/aromatic N) is 2. The average molecular weight is 311 g/mol. The van der Waals surface area contributed by atoms with Gasteiger partial charge in [-0.05, 0) is 24.6 Å². The number of benzene rings is 1. The van der Waals surface area contributed by atoms with Gasteiger partial charge in [-0.1, -0.05) is 22.9 Å². The summed E-state index contributed by atoms with van der Waals surface area (Å²) in [4.78, 5) is 0. The smallest absolute Gasteiger partial charge is 0.165 e. The van der Waals surface area contributed by atoms with Crippen LogP contribution in [0.4, 0.5) is 0 Å². The monoisotopic (exact) mass is 310 g/mol. The topological polar surface area (TPSA) is 47.3 Å². The number of halogens is 1. The Kier molecular flexibility index (Phi) is 4.38. The Morgan fingerprint density at radius 1 is 1.44 bits per heavy atom. The SMILES string of the molecule is CCCn1cc(Oc2ccc(Br)cc2CO)cn1. The van der Waals surface area contributed by atoms with Gasteiger partial charge in [0.05, 0.1) is 19.0 Å². The maximum atomic E-state index is 9.29. The average Bonchev–Trinajstić information content (AvgIpc) is 2.79. The zero-order valence-corrected chi connectivity index (χ0v) is 11.7. The van der Waals surface area contributed by atoms with Crippen molar-refractivity contribution in [2.75, 3.05) is 0 Å². The van der Waals surface area contributed by atoms with Crippen LogP contribution in [-0.2, 0) is 13.2 Å². The highest BCUT2D eigenvalue weighted by molar-refractivity contribution is 9.10. The van der Waals surface area contributed by atoms with Gasteiger partial charge in [-0.25, -0.2) is 0 Å². The fourth-order valence-electron chi connectivity index (χ4n) is 1.65. The van der Waals surface area contributed by atoms with Crippen molar-refractivity contribution in [3.63, 3.8) is 0 Å². The van der Waals surface area contributed by atoms with Gasteiger partial charge in [-0.2, -0.15) is 5.10 Å². The van der Waals surface area contributed by atoms with Crippen LogP contribution in [0.1, 0.15) is 18.9 Å². The molecule has 0 saturated heterocycles. The number of hydrogen-bond acceptors (Lipinski definition) is 3. The van der Waals surface area contributed by atoms with Gasteiger partial charge in [0.25, 0.3) is 0 Å². The van der Waals surface area contributed by atoms with Crippen LogP contribution in [0.2, 0.25) is 0 Å². The molecule has 0 fully saturated rings. The Labute approximate surface area is 114 Å². The first-order valence-electron chi connectivity index (χ1n) is 5.82. The highest BCUT2D eigenvalue weighted by Crippen LogP contribution is 2.27. The van der Waals surface area contributed by atoms with Crippen molar-refractivity contribution < 1.29 is 9.84 Å². The van der Waals surface area contributed by atoms with E-state index in [0.717, 1.165) is 23.0 Å². The molecule has 4 nitrogen and oxygen atoms in total.